The summed E-state index contributed by atoms with van der Waals surface area (Å²) in [5.41, 5.74) is 4.74. The smallest absolute Gasteiger partial charge is 0.123 e. The Bertz CT molecular complexity index is 1040. The molecule has 0 spiro atoms. The Kier molecular flexibility index (Phi) is 5.44. The minimum atomic E-state index is -0.521. The van der Waals surface area contributed by atoms with Crippen LogP contribution in [0.15, 0.2) is 42.5 Å². The molecule has 1 heterocycles. The molecule has 0 radical (unpaired) electrons. The molecule has 1 aliphatic rings. The molecule has 5 heteroatoms. The molecule has 0 amide bonds. The number of ether oxygens (including phenoxy) is 1. The van der Waals surface area contributed by atoms with Crippen LogP contribution in [0, 0.1) is 11.3 Å². The van der Waals surface area contributed by atoms with E-state index in [0.717, 1.165) is 40.7 Å². The van der Waals surface area contributed by atoms with Gasteiger partial charge in [-0.3, -0.25) is 0 Å². The van der Waals surface area contributed by atoms with Gasteiger partial charge in [-0.1, -0.05) is 12.1 Å². The van der Waals surface area contributed by atoms with Crippen LogP contribution in [0.2, 0.25) is 0 Å². The zero-order chi connectivity index (χ0) is 20.4. The van der Waals surface area contributed by atoms with E-state index < -0.39 is 6.67 Å². The van der Waals surface area contributed by atoms with E-state index in [9.17, 15) is 9.65 Å². The normalized spacial score (nSPS) is 14.0. The van der Waals surface area contributed by atoms with Crippen molar-refractivity contribution in [2.45, 2.75) is 45.2 Å². The Balaban J connectivity index is 1.86. The number of nitrogens with zero attached hydrogens (tertiary/aromatic N) is 2. The maximum Gasteiger partial charge on any atom is 0.123 e. The monoisotopic (exact) mass is 391 g/mol. The summed E-state index contributed by atoms with van der Waals surface area (Å²) in [6, 6.07) is 17.1. The van der Waals surface area contributed by atoms with Crippen LogP contribution in [-0.2, 0) is 0 Å². The molecule has 4 nitrogen and oxygen atoms in total. The second-order valence-electron chi connectivity index (χ2n) is 7.88. The number of aromatic nitrogens is 1. The van der Waals surface area contributed by atoms with Crippen LogP contribution in [-0.4, -0.2) is 23.9 Å². The second-order valence-corrected chi connectivity index (χ2v) is 7.88. The van der Waals surface area contributed by atoms with Crippen molar-refractivity contribution in [3.05, 3.63) is 48.0 Å². The first-order valence-electron chi connectivity index (χ1n) is 10.3. The van der Waals surface area contributed by atoms with Crippen molar-refractivity contribution in [1.82, 2.24) is 4.57 Å². The van der Waals surface area contributed by atoms with E-state index in [1.165, 1.54) is 6.42 Å². The first kappa shape index (κ1) is 19.3. The third-order valence-electron chi connectivity index (χ3n) is 5.49. The van der Waals surface area contributed by atoms with Gasteiger partial charge < -0.3 is 14.6 Å². The fourth-order valence-electron chi connectivity index (χ4n) is 4.02. The molecular weight excluding hydrogens is 365 g/mol. The summed E-state index contributed by atoms with van der Waals surface area (Å²) < 4.78 is 20.3. The predicted octanol–water partition coefficient (Wildman–Crippen LogP) is 6.07. The molecule has 1 saturated carbocycles. The minimum absolute atomic E-state index is 0.0396. The Hall–Kier alpha value is -3.00. The molecule has 1 aliphatic carbocycles. The number of alkyl halides is 1. The maximum atomic E-state index is 12.5. The van der Waals surface area contributed by atoms with Gasteiger partial charge >= 0.3 is 0 Å². The van der Waals surface area contributed by atoms with E-state index >= 15 is 0 Å². The standard InChI is InChI=1S/C24H26FN3O/c1-16(2)27-18-8-6-17(7-9-18)24-22(15-26)21-11-10-20(29-13-12-25)14-23(21)28(24)19-4-3-5-19/h6-11,14,16,19,27H,3-5,12-13H2,1-2H3. The molecule has 0 aliphatic heterocycles. The molecule has 0 saturated heterocycles. The number of anilines is 1. The van der Waals surface area contributed by atoms with E-state index in [-0.39, 0.29) is 6.61 Å². The molecule has 1 aromatic heterocycles. The van der Waals surface area contributed by atoms with Crippen molar-refractivity contribution in [3.8, 4) is 23.1 Å². The summed E-state index contributed by atoms with van der Waals surface area (Å²) in [4.78, 5) is 0. The van der Waals surface area contributed by atoms with Crippen LogP contribution < -0.4 is 10.1 Å². The molecule has 0 unspecified atom stereocenters. The zero-order valence-corrected chi connectivity index (χ0v) is 16.9. The number of benzene rings is 2. The van der Waals surface area contributed by atoms with Gasteiger partial charge in [0.1, 0.15) is 25.1 Å². The van der Waals surface area contributed by atoms with Crippen LogP contribution in [0.5, 0.6) is 5.75 Å². The molecule has 29 heavy (non-hydrogen) atoms. The largest absolute Gasteiger partial charge is 0.491 e. The highest BCUT2D eigenvalue weighted by Gasteiger charge is 2.28. The summed E-state index contributed by atoms with van der Waals surface area (Å²) in [6.07, 6.45) is 3.40. The number of fused-ring (bicyclic) bond motifs is 1. The highest BCUT2D eigenvalue weighted by Crippen LogP contribution is 2.43. The predicted molar refractivity (Wildman–Crippen MR) is 115 cm³/mol. The van der Waals surface area contributed by atoms with Crippen molar-refractivity contribution < 1.29 is 9.13 Å². The Labute approximate surface area is 170 Å². The lowest BCUT2D eigenvalue weighted by Crippen LogP contribution is -2.18. The summed E-state index contributed by atoms with van der Waals surface area (Å²) in [5.74, 6) is 0.640. The van der Waals surface area contributed by atoms with Crippen molar-refractivity contribution in [1.29, 1.82) is 5.26 Å². The van der Waals surface area contributed by atoms with E-state index in [2.05, 4.69) is 54.1 Å². The molecule has 0 bridgehead atoms. The fraction of sp³-hybridized carbons (Fsp3) is 0.375. The quantitative estimate of drug-likeness (QED) is 0.531. The number of halogens is 1. The highest BCUT2D eigenvalue weighted by molar-refractivity contribution is 5.95. The van der Waals surface area contributed by atoms with Crippen LogP contribution in [0.3, 0.4) is 0 Å². The molecule has 2 aromatic carbocycles. The number of hydrogen-bond acceptors (Lipinski definition) is 3. The topological polar surface area (TPSA) is 50.0 Å². The maximum absolute atomic E-state index is 12.5. The van der Waals surface area contributed by atoms with Crippen LogP contribution >= 0.6 is 0 Å². The molecule has 0 atom stereocenters. The van der Waals surface area contributed by atoms with E-state index in [1.807, 2.05) is 18.2 Å². The van der Waals surface area contributed by atoms with Crippen molar-refractivity contribution in [2.75, 3.05) is 18.6 Å². The fourth-order valence-corrected chi connectivity index (χ4v) is 4.02. The van der Waals surface area contributed by atoms with Gasteiger partial charge in [0.05, 0.1) is 16.8 Å². The second kappa shape index (κ2) is 8.16. The van der Waals surface area contributed by atoms with E-state index in [4.69, 9.17) is 4.74 Å². The first-order valence-corrected chi connectivity index (χ1v) is 10.3. The molecule has 150 valence electrons. The van der Waals surface area contributed by atoms with Crippen LogP contribution in [0.4, 0.5) is 10.1 Å². The highest BCUT2D eigenvalue weighted by atomic mass is 19.1. The first-order chi connectivity index (χ1) is 14.1. The molecule has 3 aromatic rings. The lowest BCUT2D eigenvalue weighted by Gasteiger charge is -2.30. The number of hydrogen-bond donors (Lipinski definition) is 1. The lowest BCUT2D eigenvalue weighted by atomic mass is 9.92. The van der Waals surface area contributed by atoms with E-state index in [1.54, 1.807) is 0 Å². The van der Waals surface area contributed by atoms with Gasteiger partial charge in [-0.05, 0) is 62.9 Å². The molecular formula is C24H26FN3O. The van der Waals surface area contributed by atoms with Crippen LogP contribution in [0.25, 0.3) is 22.2 Å². The third-order valence-corrected chi connectivity index (χ3v) is 5.49. The molecule has 1 fully saturated rings. The summed E-state index contributed by atoms with van der Waals surface area (Å²) in [7, 11) is 0. The van der Waals surface area contributed by atoms with Crippen molar-refractivity contribution in [3.63, 3.8) is 0 Å². The Morgan fingerprint density at radius 3 is 2.55 bits per heavy atom. The number of nitrogens with one attached hydrogen (secondary N) is 1. The van der Waals surface area contributed by atoms with Gasteiger partial charge in [-0.25, -0.2) is 4.39 Å². The minimum Gasteiger partial charge on any atom is -0.491 e. The van der Waals surface area contributed by atoms with Gasteiger partial charge in [-0.15, -0.1) is 0 Å². The average Bonchev–Trinajstić information content (AvgIpc) is 2.98. The van der Waals surface area contributed by atoms with E-state index in [0.29, 0.717) is 23.4 Å². The SMILES string of the molecule is CC(C)Nc1ccc(-c2c(C#N)c3ccc(OCCF)cc3n2C2CCC2)cc1. The summed E-state index contributed by atoms with van der Waals surface area (Å²) in [5, 5.41) is 14.3. The summed E-state index contributed by atoms with van der Waals surface area (Å²) >= 11 is 0. The van der Waals surface area contributed by atoms with Crippen LogP contribution in [0.1, 0.15) is 44.7 Å². The molecule has 4 rings (SSSR count). The van der Waals surface area contributed by atoms with Gasteiger partial charge in [0.25, 0.3) is 0 Å². The van der Waals surface area contributed by atoms with Gasteiger partial charge in [-0.2, -0.15) is 5.26 Å². The number of rotatable bonds is 7. The van der Waals surface area contributed by atoms with Gasteiger partial charge in [0.15, 0.2) is 0 Å². The average molecular weight is 391 g/mol. The summed E-state index contributed by atoms with van der Waals surface area (Å²) in [6.45, 7) is 3.74. The molecule has 1 N–H and O–H groups in total. The third kappa shape index (κ3) is 3.67. The zero-order valence-electron chi connectivity index (χ0n) is 16.9. The van der Waals surface area contributed by atoms with Gasteiger partial charge in [0, 0.05) is 29.2 Å². The Morgan fingerprint density at radius 1 is 1.21 bits per heavy atom. The lowest BCUT2D eigenvalue weighted by molar-refractivity contribution is 0.273. The van der Waals surface area contributed by atoms with Crippen molar-refractivity contribution >= 4 is 16.6 Å². The van der Waals surface area contributed by atoms with Crippen molar-refractivity contribution in [2.24, 2.45) is 0 Å². The number of nitriles is 1. The Morgan fingerprint density at radius 2 is 1.97 bits per heavy atom. The van der Waals surface area contributed by atoms with Gasteiger partial charge in [0.2, 0.25) is 0 Å².